The van der Waals surface area contributed by atoms with Crippen LogP contribution in [0.4, 0.5) is 45.5 Å². The zero-order valence-corrected chi connectivity index (χ0v) is 37.4. The van der Waals surface area contributed by atoms with Crippen LogP contribution in [0.1, 0.15) is 0 Å². The van der Waals surface area contributed by atoms with Crippen molar-refractivity contribution in [2.45, 2.75) is 0 Å². The van der Waals surface area contributed by atoms with Crippen molar-refractivity contribution in [2.75, 3.05) is 15.1 Å². The number of nitrogens with zero attached hydrogens (tertiary/aromatic N) is 2. The van der Waals surface area contributed by atoms with Gasteiger partial charge in [-0.3, -0.25) is 0 Å². The Morgan fingerprint density at radius 2 is 0.912 bits per heavy atom. The summed E-state index contributed by atoms with van der Waals surface area (Å²) in [5.41, 5.74) is 20.2. The zero-order chi connectivity index (χ0) is 45.2. The van der Waals surface area contributed by atoms with Crippen LogP contribution in [-0.4, -0.2) is 7.28 Å². The van der Waals surface area contributed by atoms with E-state index in [1.165, 1.54) is 22.1 Å². The average Bonchev–Trinajstić information content (AvgIpc) is 3.42. The number of nitrogens with one attached hydrogen (secondary N) is 1. The molecule has 3 nitrogen and oxygen atoms in total. The highest BCUT2D eigenvalue weighted by Crippen LogP contribution is 2.46. The Hall–Kier alpha value is -8.86. The van der Waals surface area contributed by atoms with Gasteiger partial charge >= 0.3 is 0 Å². The highest BCUT2D eigenvalue weighted by atomic mass is 15.2. The molecule has 1 aliphatic heterocycles. The second-order valence-corrected chi connectivity index (χ2v) is 17.3. The van der Waals surface area contributed by atoms with Crippen LogP contribution in [0, 0.1) is 0 Å². The predicted molar refractivity (Wildman–Crippen MR) is 290 cm³/mol. The molecular weight excluding hydrogens is 822 g/mol. The number of benzene rings is 11. The molecule has 12 rings (SSSR count). The van der Waals surface area contributed by atoms with Crippen LogP contribution in [0.15, 0.2) is 267 Å². The second-order valence-electron chi connectivity index (χ2n) is 17.3. The Balaban J connectivity index is 1.10. The van der Waals surface area contributed by atoms with E-state index in [-0.39, 0.29) is 0 Å². The van der Waals surface area contributed by atoms with Gasteiger partial charge in [0.25, 0.3) is 0 Å². The van der Waals surface area contributed by atoms with E-state index in [2.05, 4.69) is 289 Å². The van der Waals surface area contributed by atoms with Crippen molar-refractivity contribution in [2.24, 2.45) is 0 Å². The molecule has 0 spiro atoms. The maximum absolute atomic E-state index is 3.92. The lowest BCUT2D eigenvalue weighted by atomic mass is 9.57. The summed E-state index contributed by atoms with van der Waals surface area (Å²) >= 11 is 0. The smallest absolute Gasteiger partial charge is 0.197 e. The molecule has 0 saturated heterocycles. The van der Waals surface area contributed by atoms with E-state index in [1.807, 2.05) is 0 Å². The van der Waals surface area contributed by atoms with E-state index in [1.54, 1.807) is 0 Å². The van der Waals surface area contributed by atoms with Crippen molar-refractivity contribution >= 4 is 74.5 Å². The fourth-order valence-electron chi connectivity index (χ4n) is 9.79. The van der Waals surface area contributed by atoms with E-state index < -0.39 is 0 Å². The summed E-state index contributed by atoms with van der Waals surface area (Å²) in [5.74, 6) is 0. The Kier molecular flexibility index (Phi) is 10.7. The van der Waals surface area contributed by atoms with Crippen LogP contribution in [0.2, 0.25) is 0 Å². The van der Waals surface area contributed by atoms with Gasteiger partial charge < -0.3 is 15.1 Å². The molecule has 0 amide bonds. The molecule has 0 atom stereocenters. The number of rotatable bonds is 10. The molecule has 1 N–H and O–H groups in total. The summed E-state index contributed by atoms with van der Waals surface area (Å²) < 4.78 is 0. The summed E-state index contributed by atoms with van der Waals surface area (Å²) in [4.78, 5) is 4.86. The largest absolute Gasteiger partial charge is 0.355 e. The van der Waals surface area contributed by atoms with Gasteiger partial charge in [0.1, 0.15) is 0 Å². The topological polar surface area (TPSA) is 18.5 Å². The normalized spacial score (nSPS) is 11.6. The first-order valence-electron chi connectivity index (χ1n) is 23.2. The van der Waals surface area contributed by atoms with Crippen molar-refractivity contribution in [1.29, 1.82) is 0 Å². The molecule has 0 bridgehead atoms. The fraction of sp³-hybridized carbons (Fsp3) is 0. The van der Waals surface area contributed by atoms with Crippen molar-refractivity contribution in [3.8, 4) is 44.5 Å². The third kappa shape index (κ3) is 7.78. The van der Waals surface area contributed by atoms with Gasteiger partial charge in [0, 0.05) is 56.4 Å². The molecule has 0 saturated carbocycles. The van der Waals surface area contributed by atoms with E-state index in [0.717, 1.165) is 89.6 Å². The van der Waals surface area contributed by atoms with Crippen LogP contribution < -0.4 is 26.0 Å². The van der Waals surface area contributed by atoms with Crippen LogP contribution in [0.3, 0.4) is 0 Å². The molecule has 1 radical (unpaired) electrons. The van der Waals surface area contributed by atoms with Crippen molar-refractivity contribution < 1.29 is 0 Å². The first-order valence-corrected chi connectivity index (χ1v) is 23.2. The molecule has 1 aliphatic rings. The van der Waals surface area contributed by atoms with Crippen molar-refractivity contribution in [1.82, 2.24) is 0 Å². The third-order valence-corrected chi connectivity index (χ3v) is 13.0. The summed E-state index contributed by atoms with van der Waals surface area (Å²) in [5, 5.41) is 6.26. The fourth-order valence-corrected chi connectivity index (χ4v) is 9.79. The Labute approximate surface area is 399 Å². The minimum absolute atomic E-state index is 1.03. The number of anilines is 8. The first-order chi connectivity index (χ1) is 33.7. The monoisotopic (exact) mass is 866 g/mol. The van der Waals surface area contributed by atoms with Gasteiger partial charge in [-0.15, -0.1) is 0 Å². The predicted octanol–water partition coefficient (Wildman–Crippen LogP) is 16.2. The van der Waals surface area contributed by atoms with E-state index >= 15 is 0 Å². The Bertz CT molecular complexity index is 3520. The number of hydrogen-bond donors (Lipinski definition) is 1. The lowest BCUT2D eigenvalue weighted by Gasteiger charge is -2.37. The molecule has 4 heteroatoms. The molecule has 1 heterocycles. The minimum Gasteiger partial charge on any atom is -0.355 e. The number of para-hydroxylation sites is 2. The van der Waals surface area contributed by atoms with E-state index in [9.17, 15) is 0 Å². The van der Waals surface area contributed by atoms with Gasteiger partial charge in [-0.1, -0.05) is 194 Å². The highest BCUT2D eigenvalue weighted by Gasteiger charge is 2.31. The highest BCUT2D eigenvalue weighted by molar-refractivity contribution is 6.74. The molecule has 11 aromatic carbocycles. The second kappa shape index (κ2) is 17.8. The van der Waals surface area contributed by atoms with Crippen molar-refractivity contribution in [3.63, 3.8) is 0 Å². The SMILES string of the molecule is [B]1c2ccc(N(c3ccccc3)c3ccccc3)cc2N(c2cccc(-c3ccccc3)c2)c2c1c(-c1cc(-c3ccccc3)ccc1Nc1cccc(-c3ccccc3)c1)cc1ccccc21. The lowest BCUT2D eigenvalue weighted by Crippen LogP contribution is -2.41. The van der Waals surface area contributed by atoms with Gasteiger partial charge in [-0.25, -0.2) is 0 Å². The van der Waals surface area contributed by atoms with Gasteiger partial charge in [0.2, 0.25) is 0 Å². The summed E-state index contributed by atoms with van der Waals surface area (Å²) in [7, 11) is 2.41. The van der Waals surface area contributed by atoms with E-state index in [4.69, 9.17) is 0 Å². The minimum atomic E-state index is 1.03. The summed E-state index contributed by atoms with van der Waals surface area (Å²) in [6, 6.07) is 96.1. The molecule has 68 heavy (non-hydrogen) atoms. The van der Waals surface area contributed by atoms with Crippen LogP contribution in [0.5, 0.6) is 0 Å². The van der Waals surface area contributed by atoms with Gasteiger partial charge in [-0.2, -0.15) is 0 Å². The van der Waals surface area contributed by atoms with Crippen LogP contribution in [0.25, 0.3) is 55.3 Å². The van der Waals surface area contributed by atoms with Gasteiger partial charge in [0.15, 0.2) is 7.28 Å². The van der Waals surface area contributed by atoms with Gasteiger partial charge in [0.05, 0.1) is 0 Å². The average molecular weight is 867 g/mol. The molecular formula is C64H45BN3. The lowest BCUT2D eigenvalue weighted by molar-refractivity contribution is 1.26. The zero-order valence-electron chi connectivity index (χ0n) is 37.4. The molecule has 0 aliphatic carbocycles. The number of fused-ring (bicyclic) bond motifs is 4. The van der Waals surface area contributed by atoms with Crippen LogP contribution in [-0.2, 0) is 0 Å². The third-order valence-electron chi connectivity index (χ3n) is 13.0. The Morgan fingerprint density at radius 1 is 0.368 bits per heavy atom. The molecule has 0 unspecified atom stereocenters. The summed E-state index contributed by atoms with van der Waals surface area (Å²) in [6.07, 6.45) is 0. The van der Waals surface area contributed by atoms with Crippen molar-refractivity contribution in [3.05, 3.63) is 267 Å². The number of hydrogen-bond acceptors (Lipinski definition) is 3. The Morgan fingerprint density at radius 3 is 1.56 bits per heavy atom. The molecule has 0 fully saturated rings. The first kappa shape index (κ1) is 40.6. The van der Waals surface area contributed by atoms with E-state index in [0.29, 0.717) is 0 Å². The molecule has 11 aromatic rings. The van der Waals surface area contributed by atoms with Crippen LogP contribution >= 0.6 is 0 Å². The quantitative estimate of drug-likeness (QED) is 0.138. The standard InChI is InChI=1S/C64H45BN3/c1-6-20-45(21-7-1)48-27-18-29-52(40-48)66-61-39-36-50(47-24-10-3-11-25-47)42-58(61)59-43-51-26-16-17-35-57(51)64-63(59)65-60-38-37-56(67(53-30-12-4-13-31-53)54-32-14-5-15-33-54)44-62(60)68(64)55-34-19-28-49(41-55)46-22-8-2-9-23-46/h1-44,66H. The molecule has 319 valence electrons. The van der Waals surface area contributed by atoms with Gasteiger partial charge in [-0.05, 0) is 129 Å². The summed E-state index contributed by atoms with van der Waals surface area (Å²) in [6.45, 7) is 0. The molecule has 0 aromatic heterocycles. The maximum Gasteiger partial charge on any atom is 0.197 e. The maximum atomic E-state index is 3.92.